The molecule has 1 aromatic carbocycles. The molecule has 2 atom stereocenters. The van der Waals surface area contributed by atoms with E-state index in [1.54, 1.807) is 11.0 Å². The van der Waals surface area contributed by atoms with Crippen molar-refractivity contribution in [3.8, 4) is 0 Å². The fraction of sp³-hybridized carbons (Fsp3) is 0.556. The predicted octanol–water partition coefficient (Wildman–Crippen LogP) is 2.06. The lowest BCUT2D eigenvalue weighted by molar-refractivity contribution is -0.137. The van der Waals surface area contributed by atoms with Gasteiger partial charge < -0.3 is 20.4 Å². The van der Waals surface area contributed by atoms with Crippen LogP contribution in [0.15, 0.2) is 24.3 Å². The summed E-state index contributed by atoms with van der Waals surface area (Å²) in [6.45, 7) is 4.16. The summed E-state index contributed by atoms with van der Waals surface area (Å²) >= 11 is 0. The van der Waals surface area contributed by atoms with Crippen LogP contribution in [-0.2, 0) is 11.0 Å². The number of alkyl halides is 3. The fourth-order valence-electron chi connectivity index (χ4n) is 3.44. The van der Waals surface area contributed by atoms with Crippen LogP contribution >= 0.6 is 0 Å². The van der Waals surface area contributed by atoms with Crippen LogP contribution in [0.4, 0.5) is 23.7 Å². The van der Waals surface area contributed by atoms with Crippen molar-refractivity contribution in [3.05, 3.63) is 29.8 Å². The van der Waals surface area contributed by atoms with Gasteiger partial charge in [-0.15, -0.1) is 0 Å². The second kappa shape index (κ2) is 7.66. The Hall–Kier alpha value is -2.45. The van der Waals surface area contributed by atoms with Gasteiger partial charge in [0.1, 0.15) is 6.04 Å². The molecule has 9 heteroatoms. The maximum Gasteiger partial charge on any atom is 0.416 e. The van der Waals surface area contributed by atoms with Crippen LogP contribution in [0, 0.1) is 5.92 Å². The molecular weight excluding hydrogens is 361 g/mol. The van der Waals surface area contributed by atoms with E-state index < -0.39 is 17.8 Å². The van der Waals surface area contributed by atoms with Crippen LogP contribution in [0.2, 0.25) is 0 Å². The summed E-state index contributed by atoms with van der Waals surface area (Å²) in [7, 11) is 0. The third-order valence-corrected chi connectivity index (χ3v) is 5.13. The Balaban J connectivity index is 1.57. The maximum atomic E-state index is 12.9. The molecule has 0 spiro atoms. The zero-order valence-corrected chi connectivity index (χ0v) is 15.1. The van der Waals surface area contributed by atoms with Gasteiger partial charge in [-0.05, 0) is 30.5 Å². The van der Waals surface area contributed by atoms with Crippen molar-refractivity contribution in [2.24, 2.45) is 5.92 Å². The van der Waals surface area contributed by atoms with Crippen molar-refractivity contribution in [2.75, 3.05) is 37.6 Å². The Labute approximate surface area is 155 Å². The monoisotopic (exact) mass is 384 g/mol. The molecule has 3 amide bonds. The van der Waals surface area contributed by atoms with E-state index in [9.17, 15) is 22.8 Å². The zero-order chi connectivity index (χ0) is 19.6. The Morgan fingerprint density at radius 3 is 2.56 bits per heavy atom. The van der Waals surface area contributed by atoms with E-state index in [1.807, 2.05) is 11.8 Å². The summed E-state index contributed by atoms with van der Waals surface area (Å²) in [4.78, 5) is 27.8. The Kier molecular flexibility index (Phi) is 5.48. The highest BCUT2D eigenvalue weighted by Gasteiger charge is 2.33. The van der Waals surface area contributed by atoms with Crippen LogP contribution < -0.4 is 15.5 Å². The lowest BCUT2D eigenvalue weighted by atomic mass is 9.94. The highest BCUT2D eigenvalue weighted by molar-refractivity contribution is 5.88. The molecule has 27 heavy (non-hydrogen) atoms. The number of carbonyl (C=O) groups excluding carboxylic acids is 2. The molecule has 148 valence electrons. The molecule has 0 bridgehead atoms. The number of carbonyl (C=O) groups is 2. The van der Waals surface area contributed by atoms with E-state index in [2.05, 4.69) is 10.6 Å². The summed E-state index contributed by atoms with van der Waals surface area (Å²) < 4.78 is 38.6. The first-order chi connectivity index (χ1) is 12.8. The predicted molar refractivity (Wildman–Crippen MR) is 94.3 cm³/mol. The minimum atomic E-state index is -4.38. The number of halogens is 3. The molecule has 2 saturated heterocycles. The van der Waals surface area contributed by atoms with Gasteiger partial charge in [0.25, 0.3) is 0 Å². The first kappa shape index (κ1) is 19.3. The molecule has 3 rings (SSSR count). The van der Waals surface area contributed by atoms with Crippen LogP contribution in [0.1, 0.15) is 18.9 Å². The Morgan fingerprint density at radius 1 is 1.22 bits per heavy atom. The number of rotatable bonds is 2. The number of benzene rings is 1. The molecular formula is C18H23F3N4O2. The fourth-order valence-corrected chi connectivity index (χ4v) is 3.44. The summed E-state index contributed by atoms with van der Waals surface area (Å²) in [5.74, 6) is -0.112. The molecule has 2 fully saturated rings. The number of hydrogen-bond acceptors (Lipinski definition) is 3. The number of anilines is 1. The third-order valence-electron chi connectivity index (χ3n) is 5.13. The van der Waals surface area contributed by atoms with Crippen molar-refractivity contribution < 1.29 is 22.8 Å². The molecule has 0 aromatic heterocycles. The van der Waals surface area contributed by atoms with Gasteiger partial charge in [-0.2, -0.15) is 13.2 Å². The highest BCUT2D eigenvalue weighted by Crippen LogP contribution is 2.31. The number of nitrogens with zero attached hydrogens (tertiary/aromatic N) is 2. The van der Waals surface area contributed by atoms with Crippen molar-refractivity contribution >= 4 is 17.6 Å². The zero-order valence-electron chi connectivity index (χ0n) is 15.1. The topological polar surface area (TPSA) is 64.7 Å². The highest BCUT2D eigenvalue weighted by atomic mass is 19.4. The molecule has 0 radical (unpaired) electrons. The van der Waals surface area contributed by atoms with Gasteiger partial charge in [0.15, 0.2) is 0 Å². The second-order valence-corrected chi connectivity index (χ2v) is 7.01. The normalized spacial score (nSPS) is 23.8. The largest absolute Gasteiger partial charge is 0.416 e. The van der Waals surface area contributed by atoms with E-state index in [4.69, 9.17) is 0 Å². The minimum absolute atomic E-state index is 0.0640. The lowest BCUT2D eigenvalue weighted by Crippen LogP contribution is -2.59. The molecule has 2 N–H and O–H groups in total. The van der Waals surface area contributed by atoms with Gasteiger partial charge in [-0.25, -0.2) is 4.79 Å². The van der Waals surface area contributed by atoms with Crippen LogP contribution in [0.5, 0.6) is 0 Å². The average Bonchev–Trinajstić information content (AvgIpc) is 2.64. The Morgan fingerprint density at radius 2 is 1.93 bits per heavy atom. The van der Waals surface area contributed by atoms with E-state index >= 15 is 0 Å². The van der Waals surface area contributed by atoms with Crippen LogP contribution in [0.3, 0.4) is 0 Å². The van der Waals surface area contributed by atoms with Gasteiger partial charge >= 0.3 is 12.2 Å². The van der Waals surface area contributed by atoms with E-state index in [-0.39, 0.29) is 17.9 Å². The maximum absolute atomic E-state index is 12.9. The molecule has 1 aromatic rings. The van der Waals surface area contributed by atoms with Crippen molar-refractivity contribution in [1.82, 2.24) is 15.5 Å². The summed E-state index contributed by atoms with van der Waals surface area (Å²) in [6, 6.07) is 4.34. The van der Waals surface area contributed by atoms with E-state index in [0.29, 0.717) is 38.4 Å². The quantitative estimate of drug-likeness (QED) is 0.821. The van der Waals surface area contributed by atoms with Crippen molar-refractivity contribution in [2.45, 2.75) is 25.6 Å². The molecule has 2 heterocycles. The number of piperazine rings is 1. The number of urea groups is 1. The first-order valence-corrected chi connectivity index (χ1v) is 9.01. The van der Waals surface area contributed by atoms with Gasteiger partial charge in [0.05, 0.1) is 5.56 Å². The third kappa shape index (κ3) is 4.45. The van der Waals surface area contributed by atoms with E-state index in [1.165, 1.54) is 6.07 Å². The van der Waals surface area contributed by atoms with Crippen molar-refractivity contribution in [1.29, 1.82) is 0 Å². The summed E-state index contributed by atoms with van der Waals surface area (Å²) in [5, 5.41) is 5.52. The van der Waals surface area contributed by atoms with Crippen LogP contribution in [0.25, 0.3) is 0 Å². The second-order valence-electron chi connectivity index (χ2n) is 7.01. The SMILES string of the molecule is CC1CCNC(=O)C1NC(=O)N1CCN(c2cccc(C(F)(F)F)c2)CC1. The first-order valence-electron chi connectivity index (χ1n) is 9.01. The number of nitrogens with one attached hydrogen (secondary N) is 2. The summed E-state index contributed by atoms with van der Waals surface area (Å²) in [5.41, 5.74) is -0.192. The standard InChI is InChI=1S/C18H23F3N4O2/c1-12-5-6-22-16(26)15(12)23-17(27)25-9-7-24(8-10-25)14-4-2-3-13(11-14)18(19,20)21/h2-4,11-12,15H,5-10H2,1H3,(H,22,26)(H,23,27). The van der Waals surface area contributed by atoms with Gasteiger partial charge in [-0.1, -0.05) is 13.0 Å². The number of piperidine rings is 1. The number of amides is 3. The minimum Gasteiger partial charge on any atom is -0.368 e. The van der Waals surface area contributed by atoms with Crippen LogP contribution in [-0.4, -0.2) is 55.6 Å². The number of hydrogen-bond donors (Lipinski definition) is 2. The molecule has 2 unspecified atom stereocenters. The Bertz CT molecular complexity index is 702. The molecule has 2 aliphatic rings. The summed E-state index contributed by atoms with van der Waals surface area (Å²) in [6.07, 6.45) is -3.57. The van der Waals surface area contributed by atoms with Gasteiger partial charge in [0, 0.05) is 38.4 Å². The van der Waals surface area contributed by atoms with E-state index in [0.717, 1.165) is 18.6 Å². The molecule has 2 aliphatic heterocycles. The van der Waals surface area contributed by atoms with Crippen molar-refractivity contribution in [3.63, 3.8) is 0 Å². The molecule has 0 saturated carbocycles. The average molecular weight is 384 g/mol. The smallest absolute Gasteiger partial charge is 0.368 e. The molecule has 0 aliphatic carbocycles. The lowest BCUT2D eigenvalue weighted by Gasteiger charge is -2.37. The molecule has 6 nitrogen and oxygen atoms in total. The van der Waals surface area contributed by atoms with Gasteiger partial charge in [-0.3, -0.25) is 4.79 Å². The van der Waals surface area contributed by atoms with Gasteiger partial charge in [0.2, 0.25) is 5.91 Å².